The van der Waals surface area contributed by atoms with E-state index in [0.717, 1.165) is 26.7 Å². The molecule has 96 valence electrons. The van der Waals surface area contributed by atoms with Gasteiger partial charge < -0.3 is 5.32 Å². The van der Waals surface area contributed by atoms with E-state index < -0.39 is 0 Å². The Morgan fingerprint density at radius 1 is 1.33 bits per heavy atom. The molecule has 1 N–H and O–H groups in total. The molecule has 2 heterocycles. The molecule has 0 saturated carbocycles. The van der Waals surface area contributed by atoms with E-state index in [1.54, 1.807) is 29.3 Å². The minimum absolute atomic E-state index is 0.663. The summed E-state index contributed by atoms with van der Waals surface area (Å²) in [6, 6.07) is 1.88. The fourth-order valence-electron chi connectivity index (χ4n) is 1.13. The van der Waals surface area contributed by atoms with E-state index in [1.165, 1.54) is 11.8 Å². The van der Waals surface area contributed by atoms with Crippen LogP contribution < -0.4 is 5.32 Å². The first-order valence-corrected chi connectivity index (χ1v) is 8.30. The molecule has 2 aromatic heterocycles. The number of hydrogen-bond acceptors (Lipinski definition) is 8. The first-order chi connectivity index (χ1) is 8.81. The molecule has 0 aromatic carbocycles. The number of nitrogens with one attached hydrogen (secondary N) is 1. The van der Waals surface area contributed by atoms with Crippen LogP contribution in [0.25, 0.3) is 0 Å². The standard InChI is InChI=1S/C10H13N5S3/c1-3-5-11-8-12-6-4-7(13-8)17-10-15-14-9(16-2)18-10/h4,6H,3,5H2,1-2H3,(H,11,12,13). The highest BCUT2D eigenvalue weighted by Crippen LogP contribution is 2.31. The van der Waals surface area contributed by atoms with E-state index in [1.807, 2.05) is 12.3 Å². The maximum absolute atomic E-state index is 4.41. The Hall–Kier alpha value is -0.860. The second-order valence-corrected chi connectivity index (χ2v) is 6.58. The molecule has 0 fully saturated rings. The lowest BCUT2D eigenvalue weighted by atomic mass is 10.5. The van der Waals surface area contributed by atoms with Gasteiger partial charge in [-0.1, -0.05) is 30.0 Å². The highest BCUT2D eigenvalue weighted by Gasteiger charge is 2.07. The average Bonchev–Trinajstić information content (AvgIpc) is 2.84. The van der Waals surface area contributed by atoms with Crippen LogP contribution in [0.4, 0.5) is 5.95 Å². The Kier molecular flexibility index (Phi) is 5.21. The summed E-state index contributed by atoms with van der Waals surface area (Å²) in [4.78, 5) is 8.58. The van der Waals surface area contributed by atoms with Crippen molar-refractivity contribution in [2.24, 2.45) is 0 Å². The van der Waals surface area contributed by atoms with E-state index in [2.05, 4.69) is 32.4 Å². The van der Waals surface area contributed by atoms with Crippen molar-refractivity contribution in [2.75, 3.05) is 18.1 Å². The first-order valence-electron chi connectivity index (χ1n) is 5.44. The predicted molar refractivity (Wildman–Crippen MR) is 76.6 cm³/mol. The topological polar surface area (TPSA) is 63.6 Å². The Morgan fingerprint density at radius 2 is 2.17 bits per heavy atom. The van der Waals surface area contributed by atoms with Gasteiger partial charge in [0.2, 0.25) is 5.95 Å². The van der Waals surface area contributed by atoms with Gasteiger partial charge in [-0.2, -0.15) is 0 Å². The molecule has 0 aliphatic rings. The van der Waals surface area contributed by atoms with Crippen LogP contribution in [0, 0.1) is 0 Å². The van der Waals surface area contributed by atoms with E-state index in [0.29, 0.717) is 5.95 Å². The van der Waals surface area contributed by atoms with Crippen molar-refractivity contribution in [1.82, 2.24) is 20.2 Å². The molecule has 18 heavy (non-hydrogen) atoms. The van der Waals surface area contributed by atoms with Crippen LogP contribution in [0.2, 0.25) is 0 Å². The Morgan fingerprint density at radius 3 is 2.89 bits per heavy atom. The minimum Gasteiger partial charge on any atom is -0.354 e. The van der Waals surface area contributed by atoms with Crippen LogP contribution >= 0.6 is 34.9 Å². The molecule has 0 atom stereocenters. The van der Waals surface area contributed by atoms with Crippen molar-refractivity contribution in [3.63, 3.8) is 0 Å². The van der Waals surface area contributed by atoms with Crippen molar-refractivity contribution in [3.05, 3.63) is 12.3 Å². The van der Waals surface area contributed by atoms with Gasteiger partial charge in [0.05, 0.1) is 0 Å². The van der Waals surface area contributed by atoms with Crippen LogP contribution in [0.1, 0.15) is 13.3 Å². The number of hydrogen-bond donors (Lipinski definition) is 1. The van der Waals surface area contributed by atoms with Gasteiger partial charge in [-0.25, -0.2) is 9.97 Å². The number of thioether (sulfide) groups is 1. The Bertz CT molecular complexity index is 502. The third-order valence-electron chi connectivity index (χ3n) is 1.92. The molecule has 5 nitrogen and oxygen atoms in total. The second kappa shape index (κ2) is 6.91. The normalized spacial score (nSPS) is 10.6. The zero-order chi connectivity index (χ0) is 12.8. The summed E-state index contributed by atoms with van der Waals surface area (Å²) in [6.07, 6.45) is 4.80. The van der Waals surface area contributed by atoms with Crippen LogP contribution in [0.15, 0.2) is 26.0 Å². The van der Waals surface area contributed by atoms with Gasteiger partial charge in [-0.3, -0.25) is 0 Å². The summed E-state index contributed by atoms with van der Waals surface area (Å²) in [5.74, 6) is 0.663. The van der Waals surface area contributed by atoms with Gasteiger partial charge in [0.25, 0.3) is 0 Å². The lowest BCUT2D eigenvalue weighted by molar-refractivity contribution is 0.931. The van der Waals surface area contributed by atoms with E-state index >= 15 is 0 Å². The highest BCUT2D eigenvalue weighted by molar-refractivity contribution is 8.02. The zero-order valence-electron chi connectivity index (χ0n) is 10.1. The molecule has 2 rings (SSSR count). The summed E-state index contributed by atoms with van der Waals surface area (Å²) in [5.41, 5.74) is 0. The molecule has 0 aliphatic carbocycles. The number of aromatic nitrogens is 4. The second-order valence-electron chi connectivity index (χ2n) is 3.29. The molecule has 0 unspecified atom stereocenters. The molecule has 2 aromatic rings. The molecule has 0 amide bonds. The monoisotopic (exact) mass is 299 g/mol. The predicted octanol–water partition coefficient (Wildman–Crippen LogP) is 3.02. The van der Waals surface area contributed by atoms with Crippen LogP contribution in [-0.4, -0.2) is 33.0 Å². The Labute approximate surface area is 118 Å². The molecule has 0 spiro atoms. The zero-order valence-corrected chi connectivity index (χ0v) is 12.5. The summed E-state index contributed by atoms with van der Waals surface area (Å²) in [7, 11) is 0. The minimum atomic E-state index is 0.663. The largest absolute Gasteiger partial charge is 0.354 e. The Balaban J connectivity index is 2.04. The molecule has 0 radical (unpaired) electrons. The molecule has 0 bridgehead atoms. The third kappa shape index (κ3) is 3.82. The maximum Gasteiger partial charge on any atom is 0.223 e. The SMILES string of the molecule is CCCNc1nccc(Sc2nnc(SC)s2)n1. The molecule has 0 aliphatic heterocycles. The van der Waals surface area contributed by atoms with E-state index in [9.17, 15) is 0 Å². The van der Waals surface area contributed by atoms with Crippen molar-refractivity contribution < 1.29 is 0 Å². The molecule has 8 heteroatoms. The van der Waals surface area contributed by atoms with Gasteiger partial charge in [0.1, 0.15) is 5.03 Å². The van der Waals surface area contributed by atoms with Gasteiger partial charge in [0.15, 0.2) is 8.68 Å². The summed E-state index contributed by atoms with van der Waals surface area (Å²) < 4.78 is 1.87. The number of rotatable bonds is 6. The van der Waals surface area contributed by atoms with Crippen molar-refractivity contribution in [2.45, 2.75) is 27.0 Å². The quantitative estimate of drug-likeness (QED) is 0.649. The van der Waals surface area contributed by atoms with Crippen molar-refractivity contribution >= 4 is 40.8 Å². The van der Waals surface area contributed by atoms with E-state index in [4.69, 9.17) is 0 Å². The lowest BCUT2D eigenvalue weighted by Crippen LogP contribution is -2.03. The van der Waals surface area contributed by atoms with Crippen LogP contribution in [0.5, 0.6) is 0 Å². The van der Waals surface area contributed by atoms with Crippen LogP contribution in [-0.2, 0) is 0 Å². The average molecular weight is 299 g/mol. The molecular weight excluding hydrogens is 286 g/mol. The summed E-state index contributed by atoms with van der Waals surface area (Å²) in [6.45, 7) is 2.99. The number of nitrogens with zero attached hydrogens (tertiary/aromatic N) is 4. The lowest BCUT2D eigenvalue weighted by Gasteiger charge is -2.03. The summed E-state index contributed by atoms with van der Waals surface area (Å²) in [5, 5.41) is 12.2. The van der Waals surface area contributed by atoms with Crippen molar-refractivity contribution in [1.29, 1.82) is 0 Å². The maximum atomic E-state index is 4.41. The fraction of sp³-hybridized carbons (Fsp3) is 0.400. The van der Waals surface area contributed by atoms with Crippen LogP contribution in [0.3, 0.4) is 0 Å². The number of anilines is 1. The third-order valence-corrected chi connectivity index (χ3v) is 4.80. The van der Waals surface area contributed by atoms with Gasteiger partial charge in [-0.15, -0.1) is 10.2 Å². The van der Waals surface area contributed by atoms with E-state index in [-0.39, 0.29) is 0 Å². The summed E-state index contributed by atoms with van der Waals surface area (Å²) >= 11 is 4.69. The van der Waals surface area contributed by atoms with Gasteiger partial charge in [-0.05, 0) is 30.5 Å². The molecular formula is C10H13N5S3. The smallest absolute Gasteiger partial charge is 0.223 e. The van der Waals surface area contributed by atoms with Gasteiger partial charge >= 0.3 is 0 Å². The first kappa shape index (κ1) is 13.6. The fourth-order valence-corrected chi connectivity index (χ4v) is 3.48. The molecule has 0 saturated heterocycles. The van der Waals surface area contributed by atoms with Crippen molar-refractivity contribution in [3.8, 4) is 0 Å². The highest BCUT2D eigenvalue weighted by atomic mass is 32.2. The van der Waals surface area contributed by atoms with Gasteiger partial charge in [0, 0.05) is 12.7 Å².